The highest BCUT2D eigenvalue weighted by Gasteiger charge is 2.36. The number of methoxy groups -OCH3 is 2. The van der Waals surface area contributed by atoms with Crippen molar-refractivity contribution in [3.8, 4) is 11.5 Å². The van der Waals surface area contributed by atoms with Crippen LogP contribution in [0.3, 0.4) is 0 Å². The molecule has 1 aliphatic rings. The van der Waals surface area contributed by atoms with Crippen LogP contribution in [0.5, 0.6) is 11.5 Å². The molecule has 0 unspecified atom stereocenters. The number of carbonyl (C=O) groups excluding carboxylic acids is 2. The molecule has 1 N–H and O–H groups in total. The molecule has 1 saturated carbocycles. The van der Waals surface area contributed by atoms with E-state index in [0.717, 1.165) is 41.1 Å². The lowest BCUT2D eigenvalue weighted by Gasteiger charge is -2.34. The van der Waals surface area contributed by atoms with E-state index in [4.69, 9.17) is 32.7 Å². The maximum atomic E-state index is 14.8. The summed E-state index contributed by atoms with van der Waals surface area (Å²) in [5, 5.41) is 3.90. The monoisotopic (exact) mass is 737 g/mol. The minimum Gasteiger partial charge on any atom is -0.493 e. The first kappa shape index (κ1) is 37.0. The molecule has 9 nitrogen and oxygen atoms in total. The highest BCUT2D eigenvalue weighted by atomic mass is 35.5. The second-order valence-corrected chi connectivity index (χ2v) is 15.0. The zero-order valence-electron chi connectivity index (χ0n) is 28.3. The number of sulfonamides is 1. The van der Waals surface area contributed by atoms with Gasteiger partial charge in [0, 0.05) is 35.1 Å². The van der Waals surface area contributed by atoms with Crippen molar-refractivity contribution in [2.24, 2.45) is 0 Å². The number of hydrogen-bond acceptors (Lipinski definition) is 6. The van der Waals surface area contributed by atoms with Crippen molar-refractivity contribution >= 4 is 50.7 Å². The number of rotatable bonds is 14. The number of aryl methyl sites for hydroxylation is 1. The van der Waals surface area contributed by atoms with E-state index in [-0.39, 0.29) is 41.2 Å². The Morgan fingerprint density at radius 1 is 0.880 bits per heavy atom. The molecular weight excluding hydrogens is 697 g/mol. The molecule has 0 bridgehead atoms. The highest BCUT2D eigenvalue weighted by molar-refractivity contribution is 7.92. The van der Waals surface area contributed by atoms with Gasteiger partial charge in [0.2, 0.25) is 11.8 Å². The van der Waals surface area contributed by atoms with Gasteiger partial charge < -0.3 is 19.7 Å². The lowest BCUT2D eigenvalue weighted by atomic mass is 10.0. The van der Waals surface area contributed by atoms with E-state index in [2.05, 4.69) is 5.32 Å². The van der Waals surface area contributed by atoms with Crippen LogP contribution in [-0.2, 0) is 32.6 Å². The van der Waals surface area contributed by atoms with Gasteiger partial charge in [-0.05, 0) is 67.3 Å². The number of benzene rings is 4. The molecule has 0 heterocycles. The smallest absolute Gasteiger partial charge is 0.264 e. The van der Waals surface area contributed by atoms with Crippen molar-refractivity contribution in [1.82, 2.24) is 10.2 Å². The molecule has 264 valence electrons. The van der Waals surface area contributed by atoms with Gasteiger partial charge in [0.15, 0.2) is 11.5 Å². The van der Waals surface area contributed by atoms with Crippen molar-refractivity contribution in [2.75, 3.05) is 25.1 Å². The van der Waals surface area contributed by atoms with E-state index < -0.39 is 28.5 Å². The second kappa shape index (κ2) is 16.6. The molecule has 4 aromatic carbocycles. The number of carbonyl (C=O) groups is 2. The number of ether oxygens (including phenoxy) is 2. The summed E-state index contributed by atoms with van der Waals surface area (Å²) in [6, 6.07) is 24.4. The zero-order valence-corrected chi connectivity index (χ0v) is 30.6. The number of anilines is 1. The molecule has 1 atom stereocenters. The molecule has 0 saturated heterocycles. The summed E-state index contributed by atoms with van der Waals surface area (Å²) in [7, 11) is -1.39. The SMILES string of the molecule is COc1ccc(N(CC(=O)N(Cc2ccc(Cl)cc2Cl)[C@H](Cc2ccccc2)C(=O)NC2CCCC2)S(=O)(=O)c2ccc(C)cc2)cc1OC. The third kappa shape index (κ3) is 8.91. The predicted molar refractivity (Wildman–Crippen MR) is 197 cm³/mol. The Labute approximate surface area is 304 Å². The van der Waals surface area contributed by atoms with Crippen molar-refractivity contribution in [1.29, 1.82) is 0 Å². The second-order valence-electron chi connectivity index (χ2n) is 12.3. The van der Waals surface area contributed by atoms with E-state index in [1.165, 1.54) is 37.3 Å². The summed E-state index contributed by atoms with van der Waals surface area (Å²) < 4.78 is 40.7. The molecule has 0 aliphatic heterocycles. The number of nitrogens with one attached hydrogen (secondary N) is 1. The van der Waals surface area contributed by atoms with Crippen molar-refractivity contribution < 1.29 is 27.5 Å². The zero-order chi connectivity index (χ0) is 35.8. The Hall–Kier alpha value is -4.25. The van der Waals surface area contributed by atoms with Crippen LogP contribution in [0.25, 0.3) is 0 Å². The van der Waals surface area contributed by atoms with Crippen molar-refractivity contribution in [3.05, 3.63) is 118 Å². The predicted octanol–water partition coefficient (Wildman–Crippen LogP) is 7.21. The molecule has 0 aromatic heterocycles. The minimum absolute atomic E-state index is 0.00204. The Morgan fingerprint density at radius 2 is 1.56 bits per heavy atom. The first-order chi connectivity index (χ1) is 24.0. The molecule has 50 heavy (non-hydrogen) atoms. The van der Waals surface area contributed by atoms with Crippen LogP contribution < -0.4 is 19.1 Å². The van der Waals surface area contributed by atoms with Crippen LogP contribution in [-0.4, -0.2) is 58.0 Å². The van der Waals surface area contributed by atoms with Gasteiger partial charge in [0.1, 0.15) is 12.6 Å². The van der Waals surface area contributed by atoms with Gasteiger partial charge in [0.25, 0.3) is 10.0 Å². The highest BCUT2D eigenvalue weighted by Crippen LogP contribution is 2.34. The van der Waals surface area contributed by atoms with Crippen LogP contribution in [0, 0.1) is 6.92 Å². The first-order valence-electron chi connectivity index (χ1n) is 16.4. The topological polar surface area (TPSA) is 105 Å². The van der Waals surface area contributed by atoms with E-state index in [1.807, 2.05) is 37.3 Å². The average Bonchev–Trinajstić information content (AvgIpc) is 3.62. The van der Waals surface area contributed by atoms with Gasteiger partial charge in [0.05, 0.1) is 24.8 Å². The van der Waals surface area contributed by atoms with Crippen LogP contribution in [0.1, 0.15) is 42.4 Å². The number of amides is 2. The summed E-state index contributed by atoms with van der Waals surface area (Å²) >= 11 is 12.8. The van der Waals surface area contributed by atoms with E-state index >= 15 is 0 Å². The van der Waals surface area contributed by atoms with Crippen LogP contribution in [0.15, 0.2) is 95.9 Å². The molecule has 12 heteroatoms. The van der Waals surface area contributed by atoms with E-state index in [0.29, 0.717) is 21.4 Å². The fourth-order valence-electron chi connectivity index (χ4n) is 6.10. The van der Waals surface area contributed by atoms with Crippen LogP contribution in [0.4, 0.5) is 5.69 Å². The maximum Gasteiger partial charge on any atom is 0.264 e. The van der Waals surface area contributed by atoms with Gasteiger partial charge in [-0.3, -0.25) is 13.9 Å². The Morgan fingerprint density at radius 3 is 2.20 bits per heavy atom. The quantitative estimate of drug-likeness (QED) is 0.147. The van der Waals surface area contributed by atoms with Crippen molar-refractivity contribution in [3.63, 3.8) is 0 Å². The lowest BCUT2D eigenvalue weighted by Crippen LogP contribution is -2.54. The van der Waals surface area contributed by atoms with Gasteiger partial charge in [-0.25, -0.2) is 8.42 Å². The third-order valence-electron chi connectivity index (χ3n) is 8.87. The number of nitrogens with zero attached hydrogens (tertiary/aromatic N) is 2. The molecule has 0 radical (unpaired) electrons. The van der Waals surface area contributed by atoms with Crippen LogP contribution >= 0.6 is 23.2 Å². The Balaban J connectivity index is 1.61. The van der Waals surface area contributed by atoms with Gasteiger partial charge in [-0.1, -0.05) is 90.1 Å². The van der Waals surface area contributed by atoms with Gasteiger partial charge in [-0.15, -0.1) is 0 Å². The minimum atomic E-state index is -4.31. The van der Waals surface area contributed by atoms with E-state index in [9.17, 15) is 18.0 Å². The van der Waals surface area contributed by atoms with Crippen LogP contribution in [0.2, 0.25) is 10.0 Å². The number of halogens is 2. The summed E-state index contributed by atoms with van der Waals surface area (Å²) in [5.74, 6) is -0.257. The first-order valence-corrected chi connectivity index (χ1v) is 18.6. The fraction of sp³-hybridized carbons (Fsp3) is 0.316. The summed E-state index contributed by atoms with van der Waals surface area (Å²) in [4.78, 5) is 30.4. The normalized spacial score (nSPS) is 13.8. The van der Waals surface area contributed by atoms with Crippen molar-refractivity contribution in [2.45, 2.75) is 62.6 Å². The van der Waals surface area contributed by atoms with Gasteiger partial charge in [-0.2, -0.15) is 0 Å². The standard InChI is InChI=1S/C38H41Cl2N3O6S/c1-26-13-18-32(19-14-26)50(46,47)43(31-17-20-35(48-2)36(23-31)49-3)25-37(44)42(24-28-15-16-29(39)22-33(28)40)34(21-27-9-5-4-6-10-27)38(45)41-30-11-7-8-12-30/h4-6,9-10,13-20,22-23,30,34H,7-8,11-12,21,24-25H2,1-3H3,(H,41,45)/t34-/m1/s1. The molecular formula is C38H41Cl2N3O6S. The maximum absolute atomic E-state index is 14.8. The lowest BCUT2D eigenvalue weighted by molar-refractivity contribution is -0.140. The average molecular weight is 739 g/mol. The molecule has 1 fully saturated rings. The fourth-order valence-corrected chi connectivity index (χ4v) is 7.98. The molecule has 4 aromatic rings. The largest absolute Gasteiger partial charge is 0.493 e. The summed E-state index contributed by atoms with van der Waals surface area (Å²) in [5.41, 5.74) is 2.44. The number of hydrogen-bond donors (Lipinski definition) is 1. The molecule has 5 rings (SSSR count). The Kier molecular flexibility index (Phi) is 12.3. The summed E-state index contributed by atoms with van der Waals surface area (Å²) in [6.07, 6.45) is 3.91. The molecule has 0 spiro atoms. The molecule has 2 amide bonds. The van der Waals surface area contributed by atoms with Gasteiger partial charge >= 0.3 is 0 Å². The molecule has 1 aliphatic carbocycles. The third-order valence-corrected chi connectivity index (χ3v) is 11.2. The Bertz CT molecular complexity index is 1900. The van der Waals surface area contributed by atoms with E-state index in [1.54, 1.807) is 42.5 Å². The summed E-state index contributed by atoms with van der Waals surface area (Å²) in [6.45, 7) is 1.16.